The van der Waals surface area contributed by atoms with Crippen LogP contribution in [0, 0.1) is 13.8 Å². The van der Waals surface area contributed by atoms with Crippen LogP contribution in [0.15, 0.2) is 60.7 Å². The van der Waals surface area contributed by atoms with Crippen LogP contribution in [0.4, 0.5) is 0 Å². The predicted molar refractivity (Wildman–Crippen MR) is 210 cm³/mol. The van der Waals surface area contributed by atoms with Gasteiger partial charge in [-0.15, -0.1) is 0 Å². The van der Waals surface area contributed by atoms with Crippen molar-refractivity contribution in [2.24, 2.45) is 0 Å². The molecule has 50 heavy (non-hydrogen) atoms. The van der Waals surface area contributed by atoms with Gasteiger partial charge in [0.15, 0.2) is 20.5 Å². The van der Waals surface area contributed by atoms with Gasteiger partial charge in [-0.2, -0.15) is 0 Å². The minimum atomic E-state index is -2.49. The molecule has 0 bridgehead atoms. The minimum absolute atomic E-state index is 0.174. The molecule has 0 fully saturated rings. The third-order valence-electron chi connectivity index (χ3n) is 10.0. The van der Waals surface area contributed by atoms with Crippen LogP contribution in [0.3, 0.4) is 0 Å². The summed E-state index contributed by atoms with van der Waals surface area (Å²) in [5.41, 5.74) is 4.57. The topological polar surface area (TPSA) is 65.1 Å². The number of likely N-dealkylation sites (N-methyl/N-ethyl adjacent to an activating group) is 1. The van der Waals surface area contributed by atoms with Gasteiger partial charge in [-0.05, 0) is 124 Å². The van der Waals surface area contributed by atoms with E-state index in [-0.39, 0.29) is 10.9 Å². The van der Waals surface area contributed by atoms with E-state index in [0.717, 1.165) is 51.4 Å². The van der Waals surface area contributed by atoms with Crippen LogP contribution >= 0.6 is 0 Å². The number of hydrogen-bond donors (Lipinski definition) is 0. The van der Waals surface area contributed by atoms with E-state index in [0.29, 0.717) is 13.2 Å². The molecule has 276 valence electrons. The van der Waals surface area contributed by atoms with Crippen LogP contribution < -0.4 is 0 Å². The number of unbranched alkanes of at least 4 members (excludes halogenated alkanes) is 4. The number of fused-ring (bicyclic) bond motifs is 1. The highest BCUT2D eigenvalue weighted by Crippen LogP contribution is 2.38. The third-order valence-corrected chi connectivity index (χ3v) is 14.5. The number of carbonyl (C=O) groups excluding carboxylic acids is 2. The molecule has 0 spiro atoms. The van der Waals surface area contributed by atoms with Crippen LogP contribution in [0.25, 0.3) is 10.8 Å². The molecule has 6 nitrogen and oxygen atoms in total. The van der Waals surface area contributed by atoms with Crippen LogP contribution in [0.1, 0.15) is 102 Å². The Morgan fingerprint density at radius 2 is 1.32 bits per heavy atom. The second kappa shape index (κ2) is 18.5. The number of amides is 1. The third kappa shape index (κ3) is 13.0. The molecule has 3 rings (SSSR count). The van der Waals surface area contributed by atoms with Gasteiger partial charge in [0, 0.05) is 20.2 Å². The molecule has 0 unspecified atom stereocenters. The zero-order chi connectivity index (χ0) is 37.1. The lowest BCUT2D eigenvalue weighted by molar-refractivity contribution is -0.177. The first-order chi connectivity index (χ1) is 23.4. The molecule has 2 atom stereocenters. The fourth-order valence-corrected chi connectivity index (χ4v) is 6.94. The summed E-state index contributed by atoms with van der Waals surface area (Å²) in [4.78, 5) is 29.7. The monoisotopic (exact) mass is 703 g/mol. The van der Waals surface area contributed by atoms with Crippen molar-refractivity contribution < 1.29 is 23.5 Å². The van der Waals surface area contributed by atoms with E-state index in [1.165, 1.54) is 33.0 Å². The first-order valence-electron chi connectivity index (χ1n) is 18.7. The number of esters is 1. The molecule has 1 amide bonds. The maximum Gasteiger partial charge on any atom is 0.337 e. The van der Waals surface area contributed by atoms with Crippen molar-refractivity contribution in [1.29, 1.82) is 0 Å². The molecular formula is C43H65NO5Si. The van der Waals surface area contributed by atoms with E-state index in [4.69, 9.17) is 13.9 Å². The second-order valence-electron chi connectivity index (χ2n) is 16.6. The van der Waals surface area contributed by atoms with Crippen molar-refractivity contribution >= 4 is 31.0 Å². The average Bonchev–Trinajstić information content (AvgIpc) is 3.03. The second-order valence-corrected chi connectivity index (χ2v) is 21.4. The Morgan fingerprint density at radius 1 is 0.720 bits per heavy atom. The highest BCUT2D eigenvalue weighted by atomic mass is 28.4. The quantitative estimate of drug-likeness (QED) is 0.0750. The van der Waals surface area contributed by atoms with Gasteiger partial charge in [0.2, 0.25) is 0 Å². The standard InChI is InChI=1S/C43H65NO5Si/c1-32-24-25-34(30-33(32)2)20-15-13-19-29-47-38(39(41(46)48-42(3,4)5)49-50(10,11)43(6,7)8)40(45)44(9)28-18-12-14-21-35-26-27-36-22-16-17-23-37(36)31-35/h16-17,22-27,30-31,38-39H,12-15,18-21,28-29H2,1-11H3/t38-,39-/m1/s1. The van der Waals surface area contributed by atoms with E-state index in [2.05, 4.69) is 108 Å². The van der Waals surface area contributed by atoms with Gasteiger partial charge in [-0.3, -0.25) is 4.79 Å². The number of benzene rings is 3. The molecule has 3 aromatic rings. The smallest absolute Gasteiger partial charge is 0.337 e. The zero-order valence-electron chi connectivity index (χ0n) is 33.0. The van der Waals surface area contributed by atoms with Crippen LogP contribution in [0.5, 0.6) is 0 Å². The van der Waals surface area contributed by atoms with Crippen LogP contribution in [-0.2, 0) is 36.3 Å². The van der Waals surface area contributed by atoms with E-state index in [1.807, 2.05) is 27.8 Å². The van der Waals surface area contributed by atoms with Gasteiger partial charge < -0.3 is 18.8 Å². The number of carbonyl (C=O) groups is 2. The molecule has 0 aliphatic carbocycles. The first-order valence-corrected chi connectivity index (χ1v) is 21.6. The average molecular weight is 704 g/mol. The van der Waals surface area contributed by atoms with Gasteiger partial charge in [-0.25, -0.2) is 4.79 Å². The van der Waals surface area contributed by atoms with E-state index in [1.54, 1.807) is 4.90 Å². The highest BCUT2D eigenvalue weighted by Gasteiger charge is 2.47. The first kappa shape index (κ1) is 41.4. The Morgan fingerprint density at radius 3 is 1.94 bits per heavy atom. The summed E-state index contributed by atoms with van der Waals surface area (Å²) in [5.74, 6) is -0.775. The number of nitrogens with zero attached hydrogens (tertiary/aromatic N) is 1. The van der Waals surface area contributed by atoms with E-state index < -0.39 is 32.1 Å². The van der Waals surface area contributed by atoms with Gasteiger partial charge in [0.1, 0.15) is 5.60 Å². The van der Waals surface area contributed by atoms with Crippen LogP contribution in [0.2, 0.25) is 18.1 Å². The Balaban J connectivity index is 1.67. The molecule has 7 heteroatoms. The molecule has 0 saturated carbocycles. The Kier molecular flexibility index (Phi) is 15.3. The Labute approximate surface area is 304 Å². The molecule has 0 saturated heterocycles. The summed E-state index contributed by atoms with van der Waals surface area (Å²) < 4.78 is 19.0. The molecule has 0 N–H and O–H groups in total. The fraction of sp³-hybridized carbons (Fsp3) is 0.581. The maximum absolute atomic E-state index is 14.2. The summed E-state index contributed by atoms with van der Waals surface area (Å²) in [5, 5.41) is 2.35. The number of aryl methyl sites for hydroxylation is 4. The van der Waals surface area contributed by atoms with Crippen molar-refractivity contribution in [3.63, 3.8) is 0 Å². The Hall–Kier alpha value is -3.00. The summed E-state index contributed by atoms with van der Waals surface area (Å²) in [6.07, 6.45) is 5.44. The van der Waals surface area contributed by atoms with Crippen molar-refractivity contribution in [1.82, 2.24) is 4.90 Å². The number of rotatable bonds is 18. The highest BCUT2D eigenvalue weighted by molar-refractivity contribution is 6.74. The molecule has 0 aromatic heterocycles. The largest absolute Gasteiger partial charge is 0.458 e. The molecule has 3 aromatic carbocycles. The van der Waals surface area contributed by atoms with Crippen molar-refractivity contribution in [2.45, 2.75) is 143 Å². The summed E-state index contributed by atoms with van der Waals surface area (Å²) >= 11 is 0. The lowest BCUT2D eigenvalue weighted by atomic mass is 10.0. The molecular weight excluding hydrogens is 639 g/mol. The normalized spacial score (nSPS) is 13.7. The summed E-state index contributed by atoms with van der Waals surface area (Å²) in [6.45, 7) is 21.3. The van der Waals surface area contributed by atoms with E-state index >= 15 is 0 Å². The van der Waals surface area contributed by atoms with Crippen molar-refractivity contribution in [2.75, 3.05) is 20.2 Å². The van der Waals surface area contributed by atoms with Crippen LogP contribution in [-0.4, -0.2) is 63.1 Å². The predicted octanol–water partition coefficient (Wildman–Crippen LogP) is 10.2. The van der Waals surface area contributed by atoms with Crippen molar-refractivity contribution in [3.8, 4) is 0 Å². The number of ether oxygens (including phenoxy) is 2. The number of hydrogen-bond acceptors (Lipinski definition) is 5. The molecule has 0 heterocycles. The van der Waals surface area contributed by atoms with Gasteiger partial charge in [-0.1, -0.05) is 94.3 Å². The SMILES string of the molecule is Cc1ccc(CCCCCO[C@@H](C(=O)N(C)CCCCCc2ccc3ccccc3c2)[C@@H](O[Si](C)(C)C(C)(C)C)C(=O)OC(C)(C)C)cc1C. The van der Waals surface area contributed by atoms with Gasteiger partial charge in [0.05, 0.1) is 0 Å². The van der Waals surface area contributed by atoms with Gasteiger partial charge in [0.25, 0.3) is 5.91 Å². The van der Waals surface area contributed by atoms with Gasteiger partial charge >= 0.3 is 5.97 Å². The minimum Gasteiger partial charge on any atom is -0.458 e. The lowest BCUT2D eigenvalue weighted by Gasteiger charge is -2.41. The van der Waals surface area contributed by atoms with Crippen molar-refractivity contribution in [3.05, 3.63) is 82.9 Å². The lowest BCUT2D eigenvalue weighted by Crippen LogP contribution is -2.56. The van der Waals surface area contributed by atoms with E-state index in [9.17, 15) is 9.59 Å². The molecule has 0 aliphatic rings. The summed E-state index contributed by atoms with van der Waals surface area (Å²) in [7, 11) is -0.684. The Bertz CT molecular complexity index is 1540. The fourth-order valence-electron chi connectivity index (χ4n) is 5.73. The molecule has 0 radical (unpaired) electrons. The summed E-state index contributed by atoms with van der Waals surface area (Å²) in [6, 6.07) is 21.8. The zero-order valence-corrected chi connectivity index (χ0v) is 34.0. The maximum atomic E-state index is 14.2. The molecule has 0 aliphatic heterocycles.